The average molecular weight is 549 g/mol. The number of rotatable bonds is 15. The fourth-order valence-electron chi connectivity index (χ4n) is 5.28. The van der Waals surface area contributed by atoms with Gasteiger partial charge in [0.1, 0.15) is 24.5 Å². The van der Waals surface area contributed by atoms with Crippen LogP contribution in [-0.2, 0) is 38.3 Å². The zero-order chi connectivity index (χ0) is 29.1. The SMILES string of the molecule is CCOC(=O)CCc1ccc(C#N)c(OC[C@@H](CNC(C)(C)CC2Cc3ccccc3C2)OC(=O)CC(C)C)c1. The van der Waals surface area contributed by atoms with Crippen LogP contribution in [0.5, 0.6) is 5.75 Å². The molecule has 0 bridgehead atoms. The number of benzene rings is 2. The van der Waals surface area contributed by atoms with Crippen molar-refractivity contribution in [3.63, 3.8) is 0 Å². The van der Waals surface area contributed by atoms with Crippen LogP contribution in [-0.4, -0.2) is 43.3 Å². The minimum absolute atomic E-state index is 0.109. The van der Waals surface area contributed by atoms with E-state index in [-0.39, 0.29) is 36.4 Å². The lowest BCUT2D eigenvalue weighted by molar-refractivity contribution is -0.151. The van der Waals surface area contributed by atoms with Crippen molar-refractivity contribution in [3.05, 3.63) is 64.7 Å². The number of carbonyl (C=O) groups excluding carboxylic acids is 2. The number of aryl methyl sites for hydroxylation is 1. The third-order valence-electron chi connectivity index (χ3n) is 7.13. The second-order valence-electron chi connectivity index (χ2n) is 11.8. The van der Waals surface area contributed by atoms with E-state index in [9.17, 15) is 14.9 Å². The molecule has 0 heterocycles. The van der Waals surface area contributed by atoms with Crippen molar-refractivity contribution < 1.29 is 23.8 Å². The maximum atomic E-state index is 12.6. The summed E-state index contributed by atoms with van der Waals surface area (Å²) in [6, 6.07) is 16.1. The van der Waals surface area contributed by atoms with E-state index in [4.69, 9.17) is 14.2 Å². The van der Waals surface area contributed by atoms with Gasteiger partial charge in [-0.25, -0.2) is 0 Å². The fraction of sp³-hybridized carbons (Fsp3) is 0.545. The quantitative estimate of drug-likeness (QED) is 0.291. The maximum absolute atomic E-state index is 12.6. The van der Waals surface area contributed by atoms with E-state index >= 15 is 0 Å². The number of nitriles is 1. The molecule has 0 radical (unpaired) electrons. The Bertz CT molecular complexity index is 1160. The number of nitrogens with zero attached hydrogens (tertiary/aromatic N) is 1. The van der Waals surface area contributed by atoms with Crippen LogP contribution in [0, 0.1) is 23.2 Å². The predicted molar refractivity (Wildman–Crippen MR) is 155 cm³/mol. The first-order valence-electron chi connectivity index (χ1n) is 14.4. The Morgan fingerprint density at radius 1 is 1.10 bits per heavy atom. The molecule has 0 spiro atoms. The van der Waals surface area contributed by atoms with Crippen molar-refractivity contribution in [1.82, 2.24) is 5.32 Å². The lowest BCUT2D eigenvalue weighted by atomic mass is 9.88. The van der Waals surface area contributed by atoms with Gasteiger partial charge in [-0.1, -0.05) is 44.2 Å². The van der Waals surface area contributed by atoms with Crippen molar-refractivity contribution in [2.24, 2.45) is 11.8 Å². The molecule has 1 atom stereocenters. The number of carbonyl (C=O) groups is 2. The fourth-order valence-corrected chi connectivity index (χ4v) is 5.28. The molecule has 2 aromatic rings. The number of nitrogens with one attached hydrogen (secondary N) is 1. The average Bonchev–Trinajstić information content (AvgIpc) is 3.30. The second kappa shape index (κ2) is 14.9. The molecular weight excluding hydrogens is 504 g/mol. The van der Waals surface area contributed by atoms with Gasteiger partial charge >= 0.3 is 11.9 Å². The monoisotopic (exact) mass is 548 g/mol. The van der Waals surface area contributed by atoms with Crippen LogP contribution >= 0.6 is 0 Å². The van der Waals surface area contributed by atoms with Gasteiger partial charge in [0.2, 0.25) is 0 Å². The summed E-state index contributed by atoms with van der Waals surface area (Å²) in [7, 11) is 0. The van der Waals surface area contributed by atoms with Crippen LogP contribution in [0.4, 0.5) is 0 Å². The predicted octanol–water partition coefficient (Wildman–Crippen LogP) is 5.56. The van der Waals surface area contributed by atoms with Crippen molar-refractivity contribution in [1.29, 1.82) is 5.26 Å². The summed E-state index contributed by atoms with van der Waals surface area (Å²) in [4.78, 5) is 24.4. The molecule has 0 amide bonds. The number of esters is 2. The zero-order valence-corrected chi connectivity index (χ0v) is 24.6. The maximum Gasteiger partial charge on any atom is 0.306 e. The van der Waals surface area contributed by atoms with Crippen LogP contribution in [0.1, 0.15) is 76.1 Å². The van der Waals surface area contributed by atoms with Crippen LogP contribution in [0.3, 0.4) is 0 Å². The number of hydrogen-bond acceptors (Lipinski definition) is 7. The largest absolute Gasteiger partial charge is 0.488 e. The molecule has 2 aromatic carbocycles. The van der Waals surface area contributed by atoms with Crippen molar-refractivity contribution >= 4 is 11.9 Å². The Morgan fingerprint density at radius 3 is 2.42 bits per heavy atom. The van der Waals surface area contributed by atoms with E-state index in [1.165, 1.54) is 11.1 Å². The first kappa shape index (κ1) is 31.2. The second-order valence-corrected chi connectivity index (χ2v) is 11.8. The van der Waals surface area contributed by atoms with Crippen LogP contribution in [0.15, 0.2) is 42.5 Å². The summed E-state index contributed by atoms with van der Waals surface area (Å²) in [5.41, 5.74) is 3.97. The standard InChI is InChI=1S/C33H44N2O5/c1-6-38-31(36)14-12-24-11-13-28(20-34)30(18-24)39-22-29(40-32(37)15-23(2)3)21-35-33(4,5)19-25-16-26-9-7-8-10-27(26)17-25/h7-11,13,18,23,25,29,35H,6,12,14-17,19,21-22H2,1-5H3/t29-/m1/s1. The minimum atomic E-state index is -0.527. The van der Waals surface area contributed by atoms with Crippen LogP contribution < -0.4 is 10.1 Å². The Labute approximate surface area is 239 Å². The summed E-state index contributed by atoms with van der Waals surface area (Å²) in [5, 5.41) is 13.2. The smallest absolute Gasteiger partial charge is 0.306 e. The molecule has 0 aliphatic heterocycles. The van der Waals surface area contributed by atoms with Crippen LogP contribution in [0.25, 0.3) is 0 Å². The van der Waals surface area contributed by atoms with E-state index in [1.54, 1.807) is 19.1 Å². The van der Waals surface area contributed by atoms with Gasteiger partial charge in [0.05, 0.1) is 12.2 Å². The van der Waals surface area contributed by atoms with E-state index < -0.39 is 6.10 Å². The highest BCUT2D eigenvalue weighted by Crippen LogP contribution is 2.32. The van der Waals surface area contributed by atoms with Gasteiger partial charge in [-0.2, -0.15) is 5.26 Å². The Kier molecular flexibility index (Phi) is 11.6. The van der Waals surface area contributed by atoms with Crippen molar-refractivity contribution in [3.8, 4) is 11.8 Å². The third kappa shape index (κ3) is 9.98. The molecule has 1 aliphatic carbocycles. The minimum Gasteiger partial charge on any atom is -0.488 e. The molecule has 1 aliphatic rings. The summed E-state index contributed by atoms with van der Waals surface area (Å²) in [5.74, 6) is 0.633. The third-order valence-corrected chi connectivity index (χ3v) is 7.13. The summed E-state index contributed by atoms with van der Waals surface area (Å²) in [6.45, 7) is 11.0. The highest BCUT2D eigenvalue weighted by Gasteiger charge is 2.29. The van der Waals surface area contributed by atoms with Gasteiger partial charge in [-0.05, 0) is 87.1 Å². The van der Waals surface area contributed by atoms with Crippen molar-refractivity contribution in [2.45, 2.75) is 84.8 Å². The van der Waals surface area contributed by atoms with E-state index in [0.29, 0.717) is 43.2 Å². The molecule has 40 heavy (non-hydrogen) atoms. The first-order valence-corrected chi connectivity index (χ1v) is 14.4. The number of fused-ring (bicyclic) bond motifs is 1. The molecule has 0 unspecified atom stereocenters. The highest BCUT2D eigenvalue weighted by molar-refractivity contribution is 5.70. The van der Waals surface area contributed by atoms with Crippen LogP contribution in [0.2, 0.25) is 0 Å². The molecule has 0 saturated carbocycles. The molecule has 0 aromatic heterocycles. The molecule has 7 nitrogen and oxygen atoms in total. The van der Waals surface area contributed by atoms with Gasteiger partial charge in [0, 0.05) is 24.9 Å². The number of hydrogen-bond donors (Lipinski definition) is 1. The molecule has 0 fully saturated rings. The Morgan fingerprint density at radius 2 is 1.80 bits per heavy atom. The molecule has 0 saturated heterocycles. The Balaban J connectivity index is 1.63. The molecular formula is C33H44N2O5. The highest BCUT2D eigenvalue weighted by atomic mass is 16.6. The van der Waals surface area contributed by atoms with Gasteiger partial charge in [-0.15, -0.1) is 0 Å². The topological polar surface area (TPSA) is 97.7 Å². The summed E-state index contributed by atoms with van der Waals surface area (Å²) < 4.78 is 16.9. The van der Waals surface area contributed by atoms with Gasteiger partial charge in [0.25, 0.3) is 0 Å². The lowest BCUT2D eigenvalue weighted by Gasteiger charge is -2.31. The van der Waals surface area contributed by atoms with Gasteiger partial charge in [-0.3, -0.25) is 9.59 Å². The van der Waals surface area contributed by atoms with E-state index in [0.717, 1.165) is 24.8 Å². The van der Waals surface area contributed by atoms with E-state index in [1.807, 2.05) is 19.9 Å². The molecule has 216 valence electrons. The lowest BCUT2D eigenvalue weighted by Crippen LogP contribution is -2.47. The molecule has 1 N–H and O–H groups in total. The molecule has 7 heteroatoms. The van der Waals surface area contributed by atoms with Gasteiger partial charge < -0.3 is 19.5 Å². The normalized spacial score (nSPS) is 13.9. The first-order chi connectivity index (χ1) is 19.1. The Hall–Kier alpha value is -3.37. The van der Waals surface area contributed by atoms with Gasteiger partial charge in [0.15, 0.2) is 0 Å². The number of ether oxygens (including phenoxy) is 3. The summed E-state index contributed by atoms with van der Waals surface area (Å²) >= 11 is 0. The van der Waals surface area contributed by atoms with Crippen molar-refractivity contribution in [2.75, 3.05) is 19.8 Å². The zero-order valence-electron chi connectivity index (χ0n) is 24.6. The summed E-state index contributed by atoms with van der Waals surface area (Å²) in [6.07, 6.45) is 3.69. The van der Waals surface area contributed by atoms with E-state index in [2.05, 4.69) is 49.5 Å². The molecule has 3 rings (SSSR count).